The Bertz CT molecular complexity index is 1060. The van der Waals surface area contributed by atoms with E-state index in [2.05, 4.69) is 5.32 Å². The Balaban J connectivity index is 1.48. The van der Waals surface area contributed by atoms with Gasteiger partial charge in [0.05, 0.1) is 6.10 Å². The standard InChI is InChI=1S/C26H30N2O6/c1-26(2,3)22(23(30)28-13-15(29)12-21(28)24(31)32)27-25(33)34-14-20-18-10-6-4-8-16(18)17-9-5-7-11-19(17)20/h4-11,15,20-22,29H,12-14H2,1-3H3,(H,27,33)(H,31,32)/t15-,21-,22-/m1/s1. The lowest BCUT2D eigenvalue weighted by Crippen LogP contribution is -2.57. The number of likely N-dealkylation sites (tertiary alicyclic amines) is 1. The van der Waals surface area contributed by atoms with Gasteiger partial charge in [-0.3, -0.25) is 4.79 Å². The molecule has 2 aliphatic rings. The second-order valence-electron chi connectivity index (χ2n) is 10.0. The monoisotopic (exact) mass is 466 g/mol. The number of ether oxygens (including phenoxy) is 1. The van der Waals surface area contributed by atoms with Crippen LogP contribution < -0.4 is 5.32 Å². The molecule has 0 saturated carbocycles. The smallest absolute Gasteiger partial charge is 0.407 e. The molecule has 0 unspecified atom stereocenters. The average molecular weight is 467 g/mol. The molecule has 2 amide bonds. The second-order valence-corrected chi connectivity index (χ2v) is 10.0. The highest BCUT2D eigenvalue weighted by molar-refractivity contribution is 5.90. The summed E-state index contributed by atoms with van der Waals surface area (Å²) in [6.45, 7) is 5.35. The highest BCUT2D eigenvalue weighted by atomic mass is 16.5. The molecule has 1 fully saturated rings. The van der Waals surface area contributed by atoms with E-state index in [4.69, 9.17) is 4.74 Å². The number of amides is 2. The minimum Gasteiger partial charge on any atom is -0.480 e. The number of fused-ring (bicyclic) bond motifs is 3. The number of alkyl carbamates (subject to hydrolysis) is 1. The summed E-state index contributed by atoms with van der Waals surface area (Å²) in [5.41, 5.74) is 3.68. The summed E-state index contributed by atoms with van der Waals surface area (Å²) in [7, 11) is 0. The predicted octanol–water partition coefficient (Wildman–Crippen LogP) is 2.99. The van der Waals surface area contributed by atoms with E-state index in [0.29, 0.717) is 0 Å². The van der Waals surface area contributed by atoms with Gasteiger partial charge in [-0.1, -0.05) is 69.3 Å². The Kier molecular flexibility index (Phi) is 6.36. The number of carbonyl (C=O) groups excluding carboxylic acids is 2. The second kappa shape index (κ2) is 9.10. The summed E-state index contributed by atoms with van der Waals surface area (Å²) in [5, 5.41) is 22.0. The van der Waals surface area contributed by atoms with Gasteiger partial charge in [0.1, 0.15) is 18.7 Å². The molecule has 1 heterocycles. The summed E-state index contributed by atoms with van der Waals surface area (Å²) in [6, 6.07) is 13.9. The van der Waals surface area contributed by atoms with Gasteiger partial charge in [0, 0.05) is 18.9 Å². The summed E-state index contributed by atoms with van der Waals surface area (Å²) < 4.78 is 5.59. The molecule has 3 N–H and O–H groups in total. The number of carboxylic acids is 1. The van der Waals surface area contributed by atoms with Gasteiger partial charge in [-0.15, -0.1) is 0 Å². The lowest BCUT2D eigenvalue weighted by molar-refractivity contribution is -0.150. The van der Waals surface area contributed by atoms with E-state index in [9.17, 15) is 24.6 Å². The number of aliphatic hydroxyl groups is 1. The van der Waals surface area contributed by atoms with E-state index in [1.165, 1.54) is 0 Å². The Hall–Kier alpha value is -3.39. The molecule has 8 nitrogen and oxygen atoms in total. The van der Waals surface area contributed by atoms with Crippen molar-refractivity contribution in [2.24, 2.45) is 5.41 Å². The highest BCUT2D eigenvalue weighted by Crippen LogP contribution is 2.44. The number of benzene rings is 2. The number of rotatable bonds is 5. The fraction of sp³-hybridized carbons (Fsp3) is 0.423. The molecule has 0 spiro atoms. The van der Waals surface area contributed by atoms with Crippen molar-refractivity contribution in [3.63, 3.8) is 0 Å². The van der Waals surface area contributed by atoms with Crippen molar-refractivity contribution in [2.45, 2.75) is 51.3 Å². The van der Waals surface area contributed by atoms with Gasteiger partial charge in [0.15, 0.2) is 0 Å². The predicted molar refractivity (Wildman–Crippen MR) is 125 cm³/mol. The number of aliphatic carboxylic acids is 1. The maximum absolute atomic E-state index is 13.3. The van der Waals surface area contributed by atoms with Crippen LogP contribution in [0.5, 0.6) is 0 Å². The minimum absolute atomic E-state index is 0.0388. The molecule has 2 aromatic rings. The number of aliphatic hydroxyl groups excluding tert-OH is 1. The highest BCUT2D eigenvalue weighted by Gasteiger charge is 2.44. The maximum atomic E-state index is 13.3. The molecule has 1 saturated heterocycles. The normalized spacial score (nSPS) is 20.4. The van der Waals surface area contributed by atoms with E-state index < -0.39 is 41.6 Å². The number of hydrogen-bond donors (Lipinski definition) is 3. The van der Waals surface area contributed by atoms with Gasteiger partial charge >= 0.3 is 12.1 Å². The number of carboxylic acid groups (broad SMARTS) is 1. The molecule has 2 aromatic carbocycles. The lowest BCUT2D eigenvalue weighted by Gasteiger charge is -2.34. The van der Waals surface area contributed by atoms with Crippen LogP contribution in [-0.2, 0) is 14.3 Å². The van der Waals surface area contributed by atoms with E-state index >= 15 is 0 Å². The fourth-order valence-electron chi connectivity index (χ4n) is 4.86. The summed E-state index contributed by atoms with van der Waals surface area (Å²) in [5.74, 6) is -1.85. The van der Waals surface area contributed by atoms with Crippen LogP contribution in [0.25, 0.3) is 11.1 Å². The summed E-state index contributed by atoms with van der Waals surface area (Å²) >= 11 is 0. The molecular weight excluding hydrogens is 436 g/mol. The van der Waals surface area contributed by atoms with E-state index in [-0.39, 0.29) is 25.5 Å². The van der Waals surface area contributed by atoms with Crippen LogP contribution >= 0.6 is 0 Å². The number of carbonyl (C=O) groups is 3. The molecule has 180 valence electrons. The summed E-state index contributed by atoms with van der Waals surface area (Å²) in [4.78, 5) is 38.8. The molecule has 8 heteroatoms. The van der Waals surface area contributed by atoms with Gasteiger partial charge in [-0.2, -0.15) is 0 Å². The first-order valence-corrected chi connectivity index (χ1v) is 11.4. The summed E-state index contributed by atoms with van der Waals surface area (Å²) in [6.07, 6.45) is -1.70. The van der Waals surface area contributed by atoms with Crippen LogP contribution in [0.3, 0.4) is 0 Å². The van der Waals surface area contributed by atoms with Crippen LogP contribution in [0.1, 0.15) is 44.2 Å². The molecule has 3 atom stereocenters. The lowest BCUT2D eigenvalue weighted by atomic mass is 9.85. The van der Waals surface area contributed by atoms with Gasteiger partial charge < -0.3 is 25.2 Å². The molecular formula is C26H30N2O6. The third kappa shape index (κ3) is 4.50. The Morgan fingerprint density at radius 3 is 2.15 bits per heavy atom. The van der Waals surface area contributed by atoms with Gasteiger partial charge in [0.25, 0.3) is 0 Å². The van der Waals surface area contributed by atoms with Gasteiger partial charge in [0.2, 0.25) is 5.91 Å². The zero-order valence-electron chi connectivity index (χ0n) is 19.5. The van der Waals surface area contributed by atoms with Crippen LogP contribution in [0.4, 0.5) is 4.79 Å². The van der Waals surface area contributed by atoms with Crippen LogP contribution in [-0.4, -0.2) is 64.4 Å². The van der Waals surface area contributed by atoms with Crippen molar-refractivity contribution in [1.29, 1.82) is 0 Å². The van der Waals surface area contributed by atoms with E-state index in [1.54, 1.807) is 20.8 Å². The Morgan fingerprint density at radius 2 is 1.62 bits per heavy atom. The van der Waals surface area contributed by atoms with Crippen molar-refractivity contribution >= 4 is 18.0 Å². The van der Waals surface area contributed by atoms with Crippen LogP contribution in [0.15, 0.2) is 48.5 Å². The Labute approximate surface area is 198 Å². The average Bonchev–Trinajstić information content (AvgIpc) is 3.33. The van der Waals surface area contributed by atoms with Crippen molar-refractivity contribution in [2.75, 3.05) is 13.2 Å². The van der Waals surface area contributed by atoms with Gasteiger partial charge in [-0.05, 0) is 27.7 Å². The van der Waals surface area contributed by atoms with Crippen molar-refractivity contribution < 1.29 is 29.3 Å². The first-order valence-electron chi connectivity index (χ1n) is 11.4. The molecule has 0 aromatic heterocycles. The Morgan fingerprint density at radius 1 is 1.06 bits per heavy atom. The maximum Gasteiger partial charge on any atom is 0.407 e. The molecule has 34 heavy (non-hydrogen) atoms. The quantitative estimate of drug-likeness (QED) is 0.624. The first kappa shape index (κ1) is 23.8. The number of hydrogen-bond acceptors (Lipinski definition) is 5. The fourth-order valence-corrected chi connectivity index (χ4v) is 4.86. The number of β-amino-alcohol motifs (C(OH)–C–C–N with tert-alkyl or cyclic N) is 1. The van der Waals surface area contributed by atoms with Crippen LogP contribution in [0.2, 0.25) is 0 Å². The zero-order chi connectivity index (χ0) is 24.6. The van der Waals surface area contributed by atoms with Gasteiger partial charge in [-0.25, -0.2) is 9.59 Å². The molecule has 0 radical (unpaired) electrons. The van der Waals surface area contributed by atoms with Crippen molar-refractivity contribution in [3.05, 3.63) is 59.7 Å². The van der Waals surface area contributed by atoms with Crippen LogP contribution in [0, 0.1) is 5.41 Å². The number of nitrogens with one attached hydrogen (secondary N) is 1. The topological polar surface area (TPSA) is 116 Å². The zero-order valence-corrected chi connectivity index (χ0v) is 19.5. The number of nitrogens with zero attached hydrogens (tertiary/aromatic N) is 1. The first-order chi connectivity index (χ1) is 16.1. The van der Waals surface area contributed by atoms with Crippen molar-refractivity contribution in [1.82, 2.24) is 10.2 Å². The molecule has 1 aliphatic carbocycles. The van der Waals surface area contributed by atoms with E-state index in [0.717, 1.165) is 27.2 Å². The SMILES string of the molecule is CC(C)(C)[C@H](NC(=O)OCC1c2ccccc2-c2ccccc21)C(=O)N1C[C@H](O)C[C@@H]1C(=O)O. The largest absolute Gasteiger partial charge is 0.480 e. The molecule has 4 rings (SSSR count). The van der Waals surface area contributed by atoms with E-state index in [1.807, 2.05) is 48.5 Å². The van der Waals surface area contributed by atoms with Crippen molar-refractivity contribution in [3.8, 4) is 11.1 Å². The minimum atomic E-state index is -1.18. The molecule has 1 aliphatic heterocycles. The molecule has 0 bridgehead atoms. The third-order valence-corrected chi connectivity index (χ3v) is 6.57. The third-order valence-electron chi connectivity index (χ3n) is 6.57.